The highest BCUT2D eigenvalue weighted by atomic mass is 16.5. The van der Waals surface area contributed by atoms with Gasteiger partial charge in [-0.25, -0.2) is 0 Å². The minimum Gasteiger partial charge on any atom is -0.493 e. The van der Waals surface area contributed by atoms with Crippen LogP contribution in [-0.2, 0) is 35.5 Å². The van der Waals surface area contributed by atoms with Crippen LogP contribution < -0.4 is 18.9 Å². The second-order valence-corrected chi connectivity index (χ2v) is 16.0. The van der Waals surface area contributed by atoms with Gasteiger partial charge in [0.2, 0.25) is 0 Å². The van der Waals surface area contributed by atoms with Crippen LogP contribution >= 0.6 is 0 Å². The fourth-order valence-corrected chi connectivity index (χ4v) is 11.2. The first-order valence-corrected chi connectivity index (χ1v) is 19.1. The lowest BCUT2D eigenvalue weighted by atomic mass is 9.49. The number of nitrogens with zero attached hydrogens (tertiary/aromatic N) is 2. The highest BCUT2D eigenvalue weighted by Gasteiger charge is 2.57. The summed E-state index contributed by atoms with van der Waals surface area (Å²) in [6, 6.07) is 14.2. The van der Waals surface area contributed by atoms with Crippen LogP contribution in [-0.4, -0.2) is 75.0 Å². The van der Waals surface area contributed by atoms with Crippen molar-refractivity contribution < 1.29 is 28.5 Å². The third-order valence-corrected chi connectivity index (χ3v) is 13.6. The first-order valence-electron chi connectivity index (χ1n) is 19.1. The van der Waals surface area contributed by atoms with E-state index in [0.717, 1.165) is 61.3 Å². The van der Waals surface area contributed by atoms with Crippen LogP contribution in [0, 0.1) is 11.8 Å². The summed E-state index contributed by atoms with van der Waals surface area (Å²) >= 11 is 0. The smallest absolute Gasteiger partial charge is 0.161 e. The van der Waals surface area contributed by atoms with Gasteiger partial charge >= 0.3 is 0 Å². The summed E-state index contributed by atoms with van der Waals surface area (Å²) in [5.41, 5.74) is 7.84. The van der Waals surface area contributed by atoms with Crippen molar-refractivity contribution in [2.75, 3.05) is 41.5 Å². The molecule has 272 valence electrons. The molecule has 0 spiro atoms. The molecule has 8 heteroatoms. The van der Waals surface area contributed by atoms with Gasteiger partial charge in [0.15, 0.2) is 23.0 Å². The zero-order chi connectivity index (χ0) is 36.0. The number of Topliss-reactive ketones (excluding diaryl/α,β-unsaturated/α-hetero) is 2. The quantitative estimate of drug-likeness (QED) is 0.189. The molecule has 0 amide bonds. The number of rotatable bonds is 8. The topological polar surface area (TPSA) is 77.5 Å². The standard InChI is InChI=1S/C44H50N2O6/c1-23(47)41-42(24(2)48)44(34-14-26-16-38(50-4)40(52-6)20-30(26)32-18-28-10-8-12-46(28)22-36(32)34)43(41)33-13-25-15-37(49-3)39(51-5)19-29(25)31-17-27-9-7-11-45(27)21-35(31)33/h13-16,19-20,27-28,41-44H,7-12,17-18,21-22H2,1-6H3/t27-,28+,41-,42-,43+,44-/m1/s1. The Bertz CT molecular complexity index is 1990. The lowest BCUT2D eigenvalue weighted by Gasteiger charge is -2.53. The highest BCUT2D eigenvalue weighted by Crippen LogP contribution is 2.62. The summed E-state index contributed by atoms with van der Waals surface area (Å²) in [7, 11) is 6.76. The van der Waals surface area contributed by atoms with E-state index in [9.17, 15) is 9.59 Å². The van der Waals surface area contributed by atoms with Crippen molar-refractivity contribution in [2.45, 2.75) is 89.4 Å². The number of methoxy groups -OCH3 is 4. The molecule has 1 saturated carbocycles. The van der Waals surface area contributed by atoms with Gasteiger partial charge in [-0.15, -0.1) is 0 Å². The molecule has 4 aromatic carbocycles. The Morgan fingerprint density at radius 2 is 0.942 bits per heavy atom. The molecule has 0 aromatic heterocycles. The summed E-state index contributed by atoms with van der Waals surface area (Å²) in [6.07, 6.45) is 6.73. The Balaban J connectivity index is 1.30. The molecule has 4 aromatic rings. The van der Waals surface area contributed by atoms with Gasteiger partial charge in [-0.1, -0.05) is 12.1 Å². The lowest BCUT2D eigenvalue weighted by molar-refractivity contribution is -0.139. The zero-order valence-corrected chi connectivity index (χ0v) is 31.3. The molecule has 0 N–H and O–H groups in total. The van der Waals surface area contributed by atoms with Crippen LogP contribution in [0.2, 0.25) is 0 Å². The first kappa shape index (κ1) is 33.7. The molecule has 4 aliphatic heterocycles. The van der Waals surface area contributed by atoms with Crippen molar-refractivity contribution in [1.29, 1.82) is 0 Å². The average molecular weight is 703 g/mol. The molecule has 0 radical (unpaired) electrons. The van der Waals surface area contributed by atoms with Gasteiger partial charge < -0.3 is 18.9 Å². The summed E-state index contributed by atoms with van der Waals surface area (Å²) in [5, 5.41) is 4.60. The number of benzene rings is 4. The minimum atomic E-state index is -0.389. The van der Waals surface area contributed by atoms with E-state index >= 15 is 0 Å². The third-order valence-electron chi connectivity index (χ3n) is 13.6. The first-order chi connectivity index (χ1) is 25.2. The number of hydrogen-bond acceptors (Lipinski definition) is 8. The van der Waals surface area contributed by atoms with Gasteiger partial charge in [-0.2, -0.15) is 0 Å². The number of carbonyl (C=O) groups is 2. The predicted octanol–water partition coefficient (Wildman–Crippen LogP) is 7.36. The molecule has 5 aliphatic rings. The number of hydrogen-bond donors (Lipinski definition) is 0. The van der Waals surface area contributed by atoms with E-state index in [1.54, 1.807) is 42.3 Å². The third kappa shape index (κ3) is 5.00. The van der Waals surface area contributed by atoms with E-state index in [1.807, 2.05) is 0 Å². The molecule has 1 aliphatic carbocycles. The van der Waals surface area contributed by atoms with Gasteiger partial charge in [-0.3, -0.25) is 19.4 Å². The molecule has 6 atom stereocenters. The van der Waals surface area contributed by atoms with E-state index in [0.29, 0.717) is 23.6 Å². The second-order valence-electron chi connectivity index (χ2n) is 16.0. The van der Waals surface area contributed by atoms with E-state index in [4.69, 9.17) is 18.9 Å². The number of ether oxygens (including phenoxy) is 4. The fraction of sp³-hybridized carbons (Fsp3) is 0.500. The van der Waals surface area contributed by atoms with E-state index in [-0.39, 0.29) is 35.2 Å². The second kappa shape index (κ2) is 12.8. The molecule has 8 nitrogen and oxygen atoms in total. The fourth-order valence-electron chi connectivity index (χ4n) is 11.2. The van der Waals surface area contributed by atoms with Crippen LogP contribution in [0.4, 0.5) is 0 Å². The van der Waals surface area contributed by atoms with Gasteiger partial charge in [0.1, 0.15) is 11.6 Å². The Labute approximate surface area is 306 Å². The SMILES string of the molecule is COc1cc2cc([C@@H]3[C@H](C(C)=O)[C@@H](C(C)=O)[C@@H]3c3cc4cc(OC)c(OC)cc4c4c3CN3CCC[C@@H]3C4)c3c(c2cc1OC)C[C@@H]1CCCN1C3. The van der Waals surface area contributed by atoms with E-state index < -0.39 is 0 Å². The van der Waals surface area contributed by atoms with Crippen molar-refractivity contribution >= 4 is 33.1 Å². The lowest BCUT2D eigenvalue weighted by Crippen LogP contribution is -2.51. The van der Waals surface area contributed by atoms with Crippen molar-refractivity contribution in [3.05, 3.63) is 69.8 Å². The monoisotopic (exact) mass is 702 g/mol. The number of ketones is 2. The van der Waals surface area contributed by atoms with Crippen LogP contribution in [0.5, 0.6) is 23.0 Å². The summed E-state index contributed by atoms with van der Waals surface area (Å²) in [4.78, 5) is 33.0. The van der Waals surface area contributed by atoms with E-state index in [2.05, 4.69) is 46.2 Å². The summed E-state index contributed by atoms with van der Waals surface area (Å²) < 4.78 is 23.2. The van der Waals surface area contributed by atoms with Crippen molar-refractivity contribution in [2.24, 2.45) is 11.8 Å². The Morgan fingerprint density at radius 1 is 0.558 bits per heavy atom. The molecule has 3 fully saturated rings. The van der Waals surface area contributed by atoms with E-state index in [1.165, 1.54) is 69.8 Å². The molecule has 0 unspecified atom stereocenters. The molecule has 52 heavy (non-hydrogen) atoms. The number of carbonyl (C=O) groups excluding carboxylic acids is 2. The molecule has 9 rings (SSSR count). The maximum atomic E-state index is 13.9. The molecule has 0 bridgehead atoms. The molecular weight excluding hydrogens is 652 g/mol. The Hall–Kier alpha value is -4.14. The van der Waals surface area contributed by atoms with Crippen molar-refractivity contribution in [3.63, 3.8) is 0 Å². The molecule has 2 saturated heterocycles. The maximum Gasteiger partial charge on any atom is 0.161 e. The molecular formula is C44H50N2O6. The largest absolute Gasteiger partial charge is 0.493 e. The van der Waals surface area contributed by atoms with Gasteiger partial charge in [-0.05, 0) is 145 Å². The van der Waals surface area contributed by atoms with Crippen LogP contribution in [0.25, 0.3) is 21.5 Å². The average Bonchev–Trinajstić information content (AvgIpc) is 3.80. The predicted molar refractivity (Wildman–Crippen MR) is 202 cm³/mol. The van der Waals surface area contributed by atoms with Crippen LogP contribution in [0.1, 0.15) is 84.7 Å². The minimum absolute atomic E-state index is 0.0955. The zero-order valence-electron chi connectivity index (χ0n) is 31.3. The van der Waals surface area contributed by atoms with Gasteiger partial charge in [0, 0.05) is 48.8 Å². The highest BCUT2D eigenvalue weighted by molar-refractivity contribution is 5.96. The van der Waals surface area contributed by atoms with Crippen molar-refractivity contribution in [1.82, 2.24) is 9.80 Å². The normalized spacial score (nSPS) is 26.7. The number of fused-ring (bicyclic) bond motifs is 8. The van der Waals surface area contributed by atoms with Crippen LogP contribution in [0.3, 0.4) is 0 Å². The van der Waals surface area contributed by atoms with Crippen LogP contribution in [0.15, 0.2) is 36.4 Å². The van der Waals surface area contributed by atoms with Gasteiger partial charge in [0.05, 0.1) is 28.4 Å². The summed E-state index contributed by atoms with van der Waals surface area (Å²) in [6.45, 7) is 7.30. The van der Waals surface area contributed by atoms with Crippen molar-refractivity contribution in [3.8, 4) is 23.0 Å². The molecule has 4 heterocycles. The Morgan fingerprint density at radius 3 is 1.31 bits per heavy atom. The summed E-state index contributed by atoms with van der Waals surface area (Å²) in [5.74, 6) is 2.01. The Kier molecular flexibility index (Phi) is 8.27. The van der Waals surface area contributed by atoms with Gasteiger partial charge in [0.25, 0.3) is 0 Å². The maximum absolute atomic E-state index is 13.9.